The number of ether oxygens (including phenoxy) is 1. The number of amides is 1. The predicted octanol–water partition coefficient (Wildman–Crippen LogP) is 1.49. The molecule has 4 N–H and O–H groups in total. The molecule has 124 valence electrons. The van der Waals surface area contributed by atoms with Crippen LogP contribution in [-0.4, -0.2) is 38.2 Å². The third-order valence-electron chi connectivity index (χ3n) is 2.80. The number of hydrogen-bond acceptors (Lipinski definition) is 3. The van der Waals surface area contributed by atoms with E-state index in [0.717, 1.165) is 5.56 Å². The Morgan fingerprint density at radius 2 is 2.00 bits per heavy atom. The first kappa shape index (κ1) is 20.6. The standard InChI is InChI=1S/C15H24N4O2.HI/c1-4-17-14(20)13-7-5-12(6-8-13)9-18-15(16)19-11(2)10-21-3;/h5-8,11H,4,9-10H2,1-3H3,(H,17,20)(H3,16,18,19);1H. The molecule has 0 radical (unpaired) electrons. The van der Waals surface area contributed by atoms with Gasteiger partial charge in [0.2, 0.25) is 0 Å². The minimum Gasteiger partial charge on any atom is -0.383 e. The zero-order valence-electron chi connectivity index (χ0n) is 13.3. The predicted molar refractivity (Wildman–Crippen MR) is 99.7 cm³/mol. The monoisotopic (exact) mass is 420 g/mol. The average Bonchev–Trinajstić information content (AvgIpc) is 2.46. The van der Waals surface area contributed by atoms with E-state index in [1.165, 1.54) is 0 Å². The highest BCUT2D eigenvalue weighted by molar-refractivity contribution is 14.0. The van der Waals surface area contributed by atoms with Gasteiger partial charge in [0.05, 0.1) is 13.2 Å². The molecule has 1 atom stereocenters. The molecular formula is C15H25IN4O2. The number of nitrogens with one attached hydrogen (secondary N) is 2. The fourth-order valence-electron chi connectivity index (χ4n) is 1.79. The number of hydrogen-bond donors (Lipinski definition) is 3. The second-order valence-electron chi connectivity index (χ2n) is 4.76. The summed E-state index contributed by atoms with van der Waals surface area (Å²) < 4.78 is 5.01. The van der Waals surface area contributed by atoms with Gasteiger partial charge in [0, 0.05) is 25.3 Å². The van der Waals surface area contributed by atoms with Crippen LogP contribution in [-0.2, 0) is 11.3 Å². The van der Waals surface area contributed by atoms with Crippen LogP contribution >= 0.6 is 24.0 Å². The lowest BCUT2D eigenvalue weighted by atomic mass is 10.1. The fourth-order valence-corrected chi connectivity index (χ4v) is 1.79. The molecule has 6 nitrogen and oxygen atoms in total. The van der Waals surface area contributed by atoms with Gasteiger partial charge in [-0.2, -0.15) is 0 Å². The second-order valence-corrected chi connectivity index (χ2v) is 4.76. The summed E-state index contributed by atoms with van der Waals surface area (Å²) in [5.74, 6) is 0.314. The van der Waals surface area contributed by atoms with Gasteiger partial charge in [-0.25, -0.2) is 4.99 Å². The molecule has 0 aliphatic rings. The Hall–Kier alpha value is -1.35. The number of methoxy groups -OCH3 is 1. The van der Waals surface area contributed by atoms with E-state index in [0.29, 0.717) is 31.2 Å². The van der Waals surface area contributed by atoms with Crippen LogP contribution in [0.1, 0.15) is 29.8 Å². The van der Waals surface area contributed by atoms with Crippen LogP contribution < -0.4 is 16.4 Å². The summed E-state index contributed by atoms with van der Waals surface area (Å²) in [6.07, 6.45) is 0. The molecular weight excluding hydrogens is 395 g/mol. The van der Waals surface area contributed by atoms with Crippen LogP contribution in [0.5, 0.6) is 0 Å². The Morgan fingerprint density at radius 3 is 2.55 bits per heavy atom. The maximum Gasteiger partial charge on any atom is 0.251 e. The third-order valence-corrected chi connectivity index (χ3v) is 2.80. The second kappa shape index (κ2) is 11.2. The SMILES string of the molecule is CCNC(=O)c1ccc(CN=C(N)NC(C)COC)cc1.I. The Bertz CT molecular complexity index is 477. The zero-order chi connectivity index (χ0) is 15.7. The number of carbonyl (C=O) groups is 1. The smallest absolute Gasteiger partial charge is 0.251 e. The van der Waals surface area contributed by atoms with Crippen molar-refractivity contribution in [2.75, 3.05) is 20.3 Å². The molecule has 1 unspecified atom stereocenters. The minimum absolute atomic E-state index is 0. The molecule has 1 amide bonds. The maximum absolute atomic E-state index is 11.6. The van der Waals surface area contributed by atoms with Crippen LogP contribution in [0.25, 0.3) is 0 Å². The molecule has 0 fully saturated rings. The number of carbonyl (C=O) groups excluding carboxylic acids is 1. The number of nitrogens with two attached hydrogens (primary N) is 1. The lowest BCUT2D eigenvalue weighted by Gasteiger charge is -2.13. The molecule has 1 aromatic rings. The normalized spacial score (nSPS) is 12.2. The summed E-state index contributed by atoms with van der Waals surface area (Å²) in [5.41, 5.74) is 7.43. The van der Waals surface area contributed by atoms with Gasteiger partial charge in [0.25, 0.3) is 5.91 Å². The van der Waals surface area contributed by atoms with Crippen molar-refractivity contribution in [3.05, 3.63) is 35.4 Å². The Balaban J connectivity index is 0.00000441. The van der Waals surface area contributed by atoms with E-state index in [1.54, 1.807) is 19.2 Å². The average molecular weight is 420 g/mol. The summed E-state index contributed by atoms with van der Waals surface area (Å²) in [6, 6.07) is 7.43. The van der Waals surface area contributed by atoms with Crippen LogP contribution in [0.2, 0.25) is 0 Å². The van der Waals surface area contributed by atoms with Crippen LogP contribution in [0.3, 0.4) is 0 Å². The molecule has 0 aliphatic heterocycles. The minimum atomic E-state index is -0.0675. The van der Waals surface area contributed by atoms with Crippen LogP contribution in [0.4, 0.5) is 0 Å². The largest absolute Gasteiger partial charge is 0.383 e. The molecule has 1 aromatic carbocycles. The van der Waals surface area contributed by atoms with Gasteiger partial charge in [0.1, 0.15) is 0 Å². The Labute approximate surface area is 148 Å². The van der Waals surface area contributed by atoms with E-state index in [9.17, 15) is 4.79 Å². The van der Waals surface area contributed by atoms with Crippen LogP contribution in [0, 0.1) is 0 Å². The number of aliphatic imine (C=N–C) groups is 1. The number of benzene rings is 1. The summed E-state index contributed by atoms with van der Waals surface area (Å²) >= 11 is 0. The van der Waals surface area contributed by atoms with Crippen molar-refractivity contribution >= 4 is 35.8 Å². The van der Waals surface area contributed by atoms with E-state index < -0.39 is 0 Å². The van der Waals surface area contributed by atoms with Crippen molar-refractivity contribution in [2.45, 2.75) is 26.4 Å². The summed E-state index contributed by atoms with van der Waals surface area (Å²) in [7, 11) is 1.64. The molecule has 0 bridgehead atoms. The van der Waals surface area contributed by atoms with Gasteiger partial charge in [-0.1, -0.05) is 12.1 Å². The van der Waals surface area contributed by atoms with Gasteiger partial charge >= 0.3 is 0 Å². The maximum atomic E-state index is 11.6. The van der Waals surface area contributed by atoms with Crippen molar-refractivity contribution in [3.8, 4) is 0 Å². The van der Waals surface area contributed by atoms with Crippen molar-refractivity contribution in [3.63, 3.8) is 0 Å². The van der Waals surface area contributed by atoms with Gasteiger partial charge < -0.3 is 21.1 Å². The van der Waals surface area contributed by atoms with Crippen molar-refractivity contribution in [2.24, 2.45) is 10.7 Å². The highest BCUT2D eigenvalue weighted by Crippen LogP contribution is 2.05. The topological polar surface area (TPSA) is 88.7 Å². The molecule has 0 aromatic heterocycles. The van der Waals surface area contributed by atoms with Gasteiger partial charge in [-0.3, -0.25) is 4.79 Å². The van der Waals surface area contributed by atoms with Gasteiger partial charge in [-0.05, 0) is 31.5 Å². The van der Waals surface area contributed by atoms with E-state index in [1.807, 2.05) is 26.0 Å². The van der Waals surface area contributed by atoms with Crippen molar-refractivity contribution < 1.29 is 9.53 Å². The quantitative estimate of drug-likeness (QED) is 0.354. The van der Waals surface area contributed by atoms with E-state index in [-0.39, 0.29) is 35.9 Å². The van der Waals surface area contributed by atoms with Gasteiger partial charge in [-0.15, -0.1) is 24.0 Å². The Morgan fingerprint density at radius 1 is 1.36 bits per heavy atom. The highest BCUT2D eigenvalue weighted by Gasteiger charge is 2.04. The molecule has 0 saturated carbocycles. The summed E-state index contributed by atoms with van der Waals surface area (Å²) in [5, 5.41) is 5.79. The molecule has 22 heavy (non-hydrogen) atoms. The molecule has 7 heteroatoms. The molecule has 0 aliphatic carbocycles. The van der Waals surface area contributed by atoms with Gasteiger partial charge in [0.15, 0.2) is 5.96 Å². The zero-order valence-corrected chi connectivity index (χ0v) is 15.6. The number of rotatable bonds is 7. The lowest BCUT2D eigenvalue weighted by Crippen LogP contribution is -2.40. The van der Waals surface area contributed by atoms with E-state index in [2.05, 4.69) is 15.6 Å². The van der Waals surface area contributed by atoms with Crippen LogP contribution in [0.15, 0.2) is 29.3 Å². The highest BCUT2D eigenvalue weighted by atomic mass is 127. The number of guanidine groups is 1. The summed E-state index contributed by atoms with van der Waals surface area (Å²) in [6.45, 7) is 5.51. The number of nitrogens with zero attached hydrogens (tertiary/aromatic N) is 1. The Kier molecular flexibility index (Phi) is 10.6. The molecule has 0 heterocycles. The molecule has 1 rings (SSSR count). The molecule has 0 spiro atoms. The fraction of sp³-hybridized carbons (Fsp3) is 0.467. The summed E-state index contributed by atoms with van der Waals surface area (Å²) in [4.78, 5) is 15.9. The first-order valence-electron chi connectivity index (χ1n) is 6.99. The first-order valence-corrected chi connectivity index (χ1v) is 6.99. The van der Waals surface area contributed by atoms with Crippen molar-refractivity contribution in [1.29, 1.82) is 0 Å². The van der Waals surface area contributed by atoms with Crippen molar-refractivity contribution in [1.82, 2.24) is 10.6 Å². The van der Waals surface area contributed by atoms with E-state index >= 15 is 0 Å². The van der Waals surface area contributed by atoms with E-state index in [4.69, 9.17) is 10.5 Å². The lowest BCUT2D eigenvalue weighted by molar-refractivity contribution is 0.0956. The third kappa shape index (κ3) is 7.60. The molecule has 0 saturated heterocycles. The number of halogens is 1. The first-order chi connectivity index (χ1) is 10.1.